The molecule has 3 heterocycles. The van der Waals surface area contributed by atoms with Gasteiger partial charge in [-0.25, -0.2) is 0 Å². The van der Waals surface area contributed by atoms with Gasteiger partial charge in [-0.3, -0.25) is 4.79 Å². The highest BCUT2D eigenvalue weighted by Gasteiger charge is 2.47. The van der Waals surface area contributed by atoms with E-state index in [-0.39, 0.29) is 29.2 Å². The molecule has 5 unspecified atom stereocenters. The summed E-state index contributed by atoms with van der Waals surface area (Å²) < 4.78 is 28.0. The smallest absolute Gasteiger partial charge is 0.229 e. The molecule has 41 heavy (non-hydrogen) atoms. The number of benzene rings is 2. The van der Waals surface area contributed by atoms with Crippen molar-refractivity contribution >= 4 is 5.78 Å². The van der Waals surface area contributed by atoms with Crippen molar-refractivity contribution in [2.45, 2.75) is 80.9 Å². The maximum atomic E-state index is 12.8. The minimum Gasteiger partial charge on any atom is -0.508 e. The van der Waals surface area contributed by atoms with E-state index >= 15 is 0 Å². The van der Waals surface area contributed by atoms with Crippen molar-refractivity contribution in [3.63, 3.8) is 0 Å². The molecule has 0 saturated carbocycles. The summed E-state index contributed by atoms with van der Waals surface area (Å²) in [5.74, 6) is -0.893. The van der Waals surface area contributed by atoms with Crippen LogP contribution >= 0.6 is 0 Å². The molecule has 11 atom stereocenters. The topological polar surface area (TPSA) is 225 Å². The number of hydrogen-bond donors (Lipinski definition) is 8. The zero-order valence-electron chi connectivity index (χ0n) is 21.8. The van der Waals surface area contributed by atoms with Crippen molar-refractivity contribution < 1.29 is 69.3 Å². The molecule has 8 N–H and O–H groups in total. The summed E-state index contributed by atoms with van der Waals surface area (Å²) >= 11 is 0. The van der Waals surface area contributed by atoms with Gasteiger partial charge in [-0.1, -0.05) is 12.1 Å². The zero-order valence-corrected chi connectivity index (χ0v) is 21.8. The van der Waals surface area contributed by atoms with Crippen LogP contribution in [-0.2, 0) is 14.2 Å². The lowest BCUT2D eigenvalue weighted by atomic mass is 9.95. The standard InChI is InChI=1S/C27H32O14/c1-10-20(31)22(33)24(35)26(38-10)37-9-18-21(32)23(34)25(36)27(41-18)39-13-6-14(29)19-15(30)8-16(40-17(19)7-13)11-2-4-12(28)5-3-11/h2-7,10,16,18,20-29,31-36H,8-9H2,1H3/t10?,16?,18?,20-,21+,22-,23+,24?,25?,26+,27+/m0/s1. The SMILES string of the molecule is CC1O[C@@H](OCC2O[C@@H](Oc3cc(O)c4c(c3)OC(c3ccc(O)cc3)CC4=O)C(O)[C@H](O)[C@@H]2O)C(O)[C@@H](O)[C@H]1O. The van der Waals surface area contributed by atoms with E-state index in [1.807, 2.05) is 0 Å². The van der Waals surface area contributed by atoms with E-state index < -0.39 is 85.7 Å². The minimum absolute atomic E-state index is 0.00149. The normalized spacial score (nSPS) is 37.2. The lowest BCUT2D eigenvalue weighted by molar-refractivity contribution is -0.318. The highest BCUT2D eigenvalue weighted by Crippen LogP contribution is 2.42. The summed E-state index contributed by atoms with van der Waals surface area (Å²) in [5.41, 5.74) is 0.550. The molecule has 2 aromatic rings. The van der Waals surface area contributed by atoms with Crippen LogP contribution in [-0.4, -0.2) is 115 Å². The van der Waals surface area contributed by atoms with Crippen molar-refractivity contribution in [2.75, 3.05) is 6.61 Å². The van der Waals surface area contributed by atoms with Gasteiger partial charge in [0.1, 0.15) is 77.4 Å². The van der Waals surface area contributed by atoms with Gasteiger partial charge in [-0.05, 0) is 24.6 Å². The number of carbonyl (C=O) groups excluding carboxylic acids is 1. The largest absolute Gasteiger partial charge is 0.508 e. The van der Waals surface area contributed by atoms with Crippen LogP contribution in [0.5, 0.6) is 23.0 Å². The quantitative estimate of drug-likeness (QED) is 0.202. The number of phenolic OH excluding ortho intramolecular Hbond substituents is 2. The summed E-state index contributed by atoms with van der Waals surface area (Å²) in [4.78, 5) is 12.8. The van der Waals surface area contributed by atoms with E-state index in [0.29, 0.717) is 5.56 Å². The third-order valence-electron chi connectivity index (χ3n) is 7.39. The minimum atomic E-state index is -1.76. The molecule has 0 bridgehead atoms. The molecule has 0 aliphatic carbocycles. The van der Waals surface area contributed by atoms with Gasteiger partial charge in [-0.15, -0.1) is 0 Å². The highest BCUT2D eigenvalue weighted by molar-refractivity contribution is 6.02. The van der Waals surface area contributed by atoms with Crippen LogP contribution in [0.25, 0.3) is 0 Å². The summed E-state index contributed by atoms with van der Waals surface area (Å²) in [6.45, 7) is 0.980. The van der Waals surface area contributed by atoms with Crippen molar-refractivity contribution in [1.29, 1.82) is 0 Å². The number of ether oxygens (including phenoxy) is 5. The molecule has 14 nitrogen and oxygen atoms in total. The lowest BCUT2D eigenvalue weighted by Crippen LogP contribution is -2.61. The van der Waals surface area contributed by atoms with Gasteiger partial charge < -0.3 is 64.5 Å². The lowest BCUT2D eigenvalue weighted by Gasteiger charge is -2.42. The molecular weight excluding hydrogens is 548 g/mol. The number of phenols is 2. The number of ketones is 1. The second kappa shape index (κ2) is 11.7. The van der Waals surface area contributed by atoms with Crippen LogP contribution in [0.2, 0.25) is 0 Å². The molecule has 0 amide bonds. The first-order valence-corrected chi connectivity index (χ1v) is 13.0. The van der Waals surface area contributed by atoms with Crippen LogP contribution in [0, 0.1) is 0 Å². The number of aromatic hydroxyl groups is 2. The van der Waals surface area contributed by atoms with Gasteiger partial charge in [0.15, 0.2) is 12.1 Å². The van der Waals surface area contributed by atoms with Crippen LogP contribution < -0.4 is 9.47 Å². The van der Waals surface area contributed by atoms with Crippen LogP contribution in [0.15, 0.2) is 36.4 Å². The molecule has 3 aliphatic rings. The second-order valence-corrected chi connectivity index (χ2v) is 10.3. The van der Waals surface area contributed by atoms with Gasteiger partial charge in [-0.2, -0.15) is 0 Å². The number of aliphatic hydroxyl groups is 6. The van der Waals surface area contributed by atoms with Gasteiger partial charge >= 0.3 is 0 Å². The Balaban J connectivity index is 1.30. The average Bonchev–Trinajstić information content (AvgIpc) is 2.94. The molecule has 0 spiro atoms. The van der Waals surface area contributed by atoms with Crippen LogP contribution in [0.1, 0.15) is 35.4 Å². The maximum Gasteiger partial charge on any atom is 0.229 e. The van der Waals surface area contributed by atoms with E-state index in [9.17, 15) is 45.6 Å². The van der Waals surface area contributed by atoms with Gasteiger partial charge in [0, 0.05) is 12.1 Å². The first-order valence-electron chi connectivity index (χ1n) is 13.0. The molecular formula is C27H32O14. The van der Waals surface area contributed by atoms with E-state index in [1.54, 1.807) is 12.1 Å². The van der Waals surface area contributed by atoms with Gasteiger partial charge in [0.2, 0.25) is 6.29 Å². The Morgan fingerprint density at radius 3 is 2.20 bits per heavy atom. The maximum absolute atomic E-state index is 12.8. The Labute approximate surface area is 233 Å². The zero-order chi connectivity index (χ0) is 29.6. The molecule has 14 heteroatoms. The van der Waals surface area contributed by atoms with Crippen molar-refractivity contribution in [3.05, 3.63) is 47.5 Å². The summed E-state index contributed by atoms with van der Waals surface area (Å²) in [5, 5.41) is 81.5. The second-order valence-electron chi connectivity index (χ2n) is 10.3. The Kier molecular flexibility index (Phi) is 8.39. The first kappa shape index (κ1) is 29.4. The third kappa shape index (κ3) is 5.83. The molecule has 2 fully saturated rings. The average molecular weight is 581 g/mol. The Morgan fingerprint density at radius 2 is 1.49 bits per heavy atom. The predicted molar refractivity (Wildman–Crippen MR) is 134 cm³/mol. The van der Waals surface area contributed by atoms with Gasteiger partial charge in [0.25, 0.3) is 0 Å². The van der Waals surface area contributed by atoms with E-state index in [2.05, 4.69) is 0 Å². The number of carbonyl (C=O) groups is 1. The van der Waals surface area contributed by atoms with E-state index in [4.69, 9.17) is 23.7 Å². The molecule has 3 aliphatic heterocycles. The van der Waals surface area contributed by atoms with Crippen LogP contribution in [0.3, 0.4) is 0 Å². The molecule has 0 radical (unpaired) electrons. The molecule has 0 aromatic heterocycles. The Morgan fingerprint density at radius 1 is 0.829 bits per heavy atom. The molecule has 224 valence electrons. The van der Waals surface area contributed by atoms with Crippen molar-refractivity contribution in [2.24, 2.45) is 0 Å². The van der Waals surface area contributed by atoms with E-state index in [1.165, 1.54) is 25.1 Å². The number of hydrogen-bond acceptors (Lipinski definition) is 14. The fourth-order valence-corrected chi connectivity index (χ4v) is 4.98. The Bertz CT molecular complexity index is 1240. The fourth-order valence-electron chi connectivity index (χ4n) is 4.98. The molecule has 5 rings (SSSR count). The fraction of sp³-hybridized carbons (Fsp3) is 0.519. The Hall–Kier alpha value is -3.05. The third-order valence-corrected chi connectivity index (χ3v) is 7.39. The predicted octanol–water partition coefficient (Wildman–Crippen LogP) is -1.17. The van der Waals surface area contributed by atoms with Crippen molar-refractivity contribution in [1.82, 2.24) is 0 Å². The van der Waals surface area contributed by atoms with Gasteiger partial charge in [0.05, 0.1) is 19.1 Å². The molecule has 2 aromatic carbocycles. The summed E-state index contributed by atoms with van der Waals surface area (Å²) in [6, 6.07) is 8.51. The van der Waals surface area contributed by atoms with E-state index in [0.717, 1.165) is 6.07 Å². The number of Topliss-reactive ketones (excluding diaryl/α,β-unsaturated/α-hetero) is 1. The number of fused-ring (bicyclic) bond motifs is 1. The summed E-state index contributed by atoms with van der Waals surface area (Å²) in [6.07, 6.45) is -15.6. The van der Waals surface area contributed by atoms with Crippen LogP contribution in [0.4, 0.5) is 0 Å². The number of aliphatic hydroxyl groups excluding tert-OH is 6. The molecule has 2 saturated heterocycles. The monoisotopic (exact) mass is 580 g/mol. The summed E-state index contributed by atoms with van der Waals surface area (Å²) in [7, 11) is 0. The first-order chi connectivity index (χ1) is 19.4. The highest BCUT2D eigenvalue weighted by atomic mass is 16.7. The number of rotatable bonds is 6. The van der Waals surface area contributed by atoms with Crippen molar-refractivity contribution in [3.8, 4) is 23.0 Å².